The second-order valence-corrected chi connectivity index (χ2v) is 6.25. The third-order valence-corrected chi connectivity index (χ3v) is 4.35. The number of ketones is 1. The Bertz CT molecular complexity index is 1060. The summed E-state index contributed by atoms with van der Waals surface area (Å²) < 4.78 is 5.61. The van der Waals surface area contributed by atoms with Gasteiger partial charge in [-0.3, -0.25) is 9.59 Å². The van der Waals surface area contributed by atoms with Crippen LogP contribution in [0.2, 0.25) is 5.02 Å². The van der Waals surface area contributed by atoms with Gasteiger partial charge in [-0.2, -0.15) is 0 Å². The number of ether oxygens (including phenoxy) is 1. The number of para-hydroxylation sites is 1. The van der Waals surface area contributed by atoms with Crippen LogP contribution in [0.1, 0.15) is 15.9 Å². The first kappa shape index (κ1) is 17.0. The van der Waals surface area contributed by atoms with Crippen LogP contribution in [0.4, 0.5) is 5.69 Å². The number of halogens is 1. The zero-order valence-corrected chi connectivity index (χ0v) is 14.7. The van der Waals surface area contributed by atoms with Gasteiger partial charge in [0.05, 0.1) is 16.3 Å². The number of nitrogens with one attached hydrogen (secondary N) is 1. The lowest BCUT2D eigenvalue weighted by atomic mass is 10.0. The summed E-state index contributed by atoms with van der Waals surface area (Å²) >= 11 is 6.18. The topological polar surface area (TPSA) is 68.3 Å². The lowest BCUT2D eigenvalue weighted by molar-refractivity contribution is -0.110. The van der Waals surface area contributed by atoms with E-state index in [-0.39, 0.29) is 17.3 Å². The van der Waals surface area contributed by atoms with E-state index in [9.17, 15) is 9.59 Å². The molecule has 1 N–H and O–H groups in total. The van der Waals surface area contributed by atoms with Crippen molar-refractivity contribution in [2.24, 2.45) is 0 Å². The van der Waals surface area contributed by atoms with Gasteiger partial charge in [0, 0.05) is 23.4 Å². The Labute approximate surface area is 160 Å². The Hall–Kier alpha value is -3.44. The van der Waals surface area contributed by atoms with Crippen LogP contribution in [0.5, 0.6) is 11.6 Å². The third-order valence-electron chi connectivity index (χ3n) is 4.04. The molecule has 1 aliphatic heterocycles. The van der Waals surface area contributed by atoms with Crippen molar-refractivity contribution in [1.82, 2.24) is 4.98 Å². The quantitative estimate of drug-likeness (QED) is 0.527. The molecule has 4 rings (SSSR count). The van der Waals surface area contributed by atoms with E-state index < -0.39 is 0 Å². The van der Waals surface area contributed by atoms with E-state index in [1.165, 1.54) is 12.3 Å². The molecule has 1 aromatic heterocycles. The lowest BCUT2D eigenvalue weighted by Gasteiger charge is -2.05. The van der Waals surface area contributed by atoms with E-state index in [0.717, 1.165) is 0 Å². The molecule has 0 unspecified atom stereocenters. The number of carbonyl (C=O) groups is 2. The zero-order chi connectivity index (χ0) is 18.8. The molecule has 0 aliphatic carbocycles. The van der Waals surface area contributed by atoms with Crippen LogP contribution in [0.15, 0.2) is 72.9 Å². The summed E-state index contributed by atoms with van der Waals surface area (Å²) in [6, 6.07) is 17.6. The Kier molecular flexibility index (Phi) is 4.44. The molecule has 2 aromatic carbocycles. The zero-order valence-electron chi connectivity index (χ0n) is 14.0. The molecule has 0 saturated carbocycles. The number of benzene rings is 2. The summed E-state index contributed by atoms with van der Waals surface area (Å²) in [7, 11) is 0. The van der Waals surface area contributed by atoms with Crippen molar-refractivity contribution in [3.05, 3.63) is 89.1 Å². The number of rotatable bonds is 4. The lowest BCUT2D eigenvalue weighted by Crippen LogP contribution is -2.06. The predicted molar refractivity (Wildman–Crippen MR) is 103 cm³/mol. The first-order valence-corrected chi connectivity index (χ1v) is 8.55. The third kappa shape index (κ3) is 3.45. The predicted octanol–water partition coefficient (Wildman–Crippen LogP) is 4.75. The number of pyridine rings is 1. The number of hydrogen-bond acceptors (Lipinski definition) is 4. The normalized spacial score (nSPS) is 14.0. The van der Waals surface area contributed by atoms with Gasteiger partial charge in [0.1, 0.15) is 5.75 Å². The minimum atomic E-state index is -0.358. The van der Waals surface area contributed by atoms with E-state index in [0.29, 0.717) is 33.5 Å². The number of amides is 1. The molecule has 0 radical (unpaired) electrons. The molecular weight excluding hydrogens is 364 g/mol. The van der Waals surface area contributed by atoms with E-state index >= 15 is 0 Å². The Balaban J connectivity index is 1.57. The average molecular weight is 377 g/mol. The van der Waals surface area contributed by atoms with Gasteiger partial charge < -0.3 is 10.1 Å². The highest BCUT2D eigenvalue weighted by Gasteiger charge is 2.27. The van der Waals surface area contributed by atoms with Crippen LogP contribution in [0, 0.1) is 0 Å². The second-order valence-electron chi connectivity index (χ2n) is 5.84. The Morgan fingerprint density at radius 1 is 1.04 bits per heavy atom. The molecule has 0 saturated heterocycles. The van der Waals surface area contributed by atoms with Crippen molar-refractivity contribution in [2.75, 3.05) is 5.32 Å². The fourth-order valence-corrected chi connectivity index (χ4v) is 3.03. The SMILES string of the molecule is O=C1Nc2cccc(Cl)c2C1=CC(=O)c1ccc(Oc2ccccc2)nc1. The van der Waals surface area contributed by atoms with E-state index in [1.807, 2.05) is 30.3 Å². The number of fused-ring (bicyclic) bond motifs is 1. The minimum Gasteiger partial charge on any atom is -0.439 e. The van der Waals surface area contributed by atoms with Crippen molar-refractivity contribution in [3.63, 3.8) is 0 Å². The maximum atomic E-state index is 12.6. The summed E-state index contributed by atoms with van der Waals surface area (Å²) in [6.45, 7) is 0. The summed E-state index contributed by atoms with van der Waals surface area (Å²) in [6.07, 6.45) is 2.69. The summed E-state index contributed by atoms with van der Waals surface area (Å²) in [4.78, 5) is 28.9. The number of allylic oxidation sites excluding steroid dienone is 1. The van der Waals surface area contributed by atoms with Gasteiger partial charge in [0.25, 0.3) is 5.91 Å². The number of nitrogens with zero attached hydrogens (tertiary/aromatic N) is 1. The van der Waals surface area contributed by atoms with Gasteiger partial charge in [0.2, 0.25) is 5.88 Å². The Morgan fingerprint density at radius 3 is 2.59 bits per heavy atom. The highest BCUT2D eigenvalue weighted by Crippen LogP contribution is 2.37. The van der Waals surface area contributed by atoms with Gasteiger partial charge in [-0.15, -0.1) is 0 Å². The highest BCUT2D eigenvalue weighted by molar-refractivity contribution is 6.41. The van der Waals surface area contributed by atoms with Crippen molar-refractivity contribution >= 4 is 34.6 Å². The van der Waals surface area contributed by atoms with Crippen LogP contribution < -0.4 is 10.1 Å². The van der Waals surface area contributed by atoms with Crippen molar-refractivity contribution in [1.29, 1.82) is 0 Å². The molecule has 6 heteroatoms. The highest BCUT2D eigenvalue weighted by atomic mass is 35.5. The van der Waals surface area contributed by atoms with Crippen LogP contribution in [0.25, 0.3) is 5.57 Å². The summed E-state index contributed by atoms with van der Waals surface area (Å²) in [5.41, 5.74) is 1.72. The smallest absolute Gasteiger partial charge is 0.256 e. The second kappa shape index (κ2) is 7.05. The van der Waals surface area contributed by atoms with E-state index in [4.69, 9.17) is 16.3 Å². The number of carbonyl (C=O) groups excluding carboxylic acids is 2. The summed E-state index contributed by atoms with van der Waals surface area (Å²) in [5.74, 6) is 0.326. The number of anilines is 1. The fraction of sp³-hybridized carbons (Fsp3) is 0. The fourth-order valence-electron chi connectivity index (χ4n) is 2.75. The molecule has 5 nitrogen and oxygen atoms in total. The van der Waals surface area contributed by atoms with Crippen LogP contribution in [-0.2, 0) is 4.79 Å². The van der Waals surface area contributed by atoms with E-state index in [2.05, 4.69) is 10.3 Å². The molecule has 27 heavy (non-hydrogen) atoms. The molecule has 1 aliphatic rings. The first-order valence-electron chi connectivity index (χ1n) is 8.17. The van der Waals surface area contributed by atoms with Gasteiger partial charge >= 0.3 is 0 Å². The monoisotopic (exact) mass is 376 g/mol. The van der Waals surface area contributed by atoms with Gasteiger partial charge in [-0.05, 0) is 36.4 Å². The molecule has 132 valence electrons. The molecule has 0 spiro atoms. The van der Waals surface area contributed by atoms with Crippen LogP contribution in [0.3, 0.4) is 0 Å². The van der Waals surface area contributed by atoms with Gasteiger partial charge in [0.15, 0.2) is 5.78 Å². The maximum absolute atomic E-state index is 12.6. The molecule has 0 bridgehead atoms. The molecular formula is C21H13ClN2O3. The average Bonchev–Trinajstić information content (AvgIpc) is 3.00. The molecule has 1 amide bonds. The molecule has 0 atom stereocenters. The Morgan fingerprint density at radius 2 is 1.85 bits per heavy atom. The van der Waals surface area contributed by atoms with Crippen molar-refractivity contribution in [3.8, 4) is 11.6 Å². The van der Waals surface area contributed by atoms with Crippen LogP contribution in [-0.4, -0.2) is 16.7 Å². The maximum Gasteiger partial charge on any atom is 0.256 e. The van der Waals surface area contributed by atoms with Gasteiger partial charge in [-0.1, -0.05) is 35.9 Å². The minimum absolute atomic E-state index is 0.241. The largest absolute Gasteiger partial charge is 0.439 e. The molecule has 3 aromatic rings. The van der Waals surface area contributed by atoms with Crippen molar-refractivity contribution < 1.29 is 14.3 Å². The first-order chi connectivity index (χ1) is 13.1. The standard InChI is InChI=1S/C21H13ClN2O3/c22-16-7-4-8-17-20(16)15(21(26)24-17)11-18(25)13-9-10-19(23-12-13)27-14-5-2-1-3-6-14/h1-12H,(H,24,26). The number of aromatic nitrogens is 1. The molecule has 2 heterocycles. The van der Waals surface area contributed by atoms with Crippen LogP contribution >= 0.6 is 11.6 Å². The van der Waals surface area contributed by atoms with E-state index in [1.54, 1.807) is 30.3 Å². The molecule has 0 fully saturated rings. The number of hydrogen-bond donors (Lipinski definition) is 1. The van der Waals surface area contributed by atoms with Crippen molar-refractivity contribution in [2.45, 2.75) is 0 Å². The van der Waals surface area contributed by atoms with Gasteiger partial charge in [-0.25, -0.2) is 4.98 Å². The summed E-state index contributed by atoms with van der Waals surface area (Å²) in [5, 5.41) is 3.11.